The number of aromatic nitrogens is 8. The summed E-state index contributed by atoms with van der Waals surface area (Å²) in [5, 5.41) is 19.1. The van der Waals surface area contributed by atoms with Gasteiger partial charge < -0.3 is 30.1 Å². The Morgan fingerprint density at radius 1 is 0.281 bits per heavy atom. The van der Waals surface area contributed by atoms with E-state index in [0.29, 0.717) is 22.3 Å². The van der Waals surface area contributed by atoms with Gasteiger partial charge in [0.2, 0.25) is 0 Å². The maximum absolute atomic E-state index is 15.4. The number of nitrogens with zero attached hydrogens (tertiary/aromatic N) is 4. The average molecular weight is 1310 g/mol. The van der Waals surface area contributed by atoms with Gasteiger partial charge >= 0.3 is 36.6 Å². The Bertz CT molecular complexity index is 5160. The van der Waals surface area contributed by atoms with Gasteiger partial charge in [0.1, 0.15) is 22.3 Å². The van der Waals surface area contributed by atoms with Crippen molar-refractivity contribution < 1.29 is 72.5 Å². The molecule has 96 heavy (non-hydrogen) atoms. The highest BCUT2D eigenvalue weighted by Gasteiger charge is 2.40. The molecule has 0 aliphatic carbocycles. The molecule has 14 rings (SSSR count). The first-order chi connectivity index (χ1) is 45.7. The first-order valence-corrected chi connectivity index (χ1v) is 28.7. The SMILES string of the molecule is O=C(O)c1ccc(-c2c3nc(c(C(F)(F)F)c4ccc([nH]4)c(-c4ccc(C#Cc5ccc(-c6c7nc(c(C(F)(F)F)c8ccc([nH]8)c(-c8ccc(C(=O)O)cc8)c8nc(c(C(F)(F)F)c9ccc6[nH]9)C=C8)C=C7)cc5)cc4)c4nc(c(C(F)(F)F)c5ccc2[nH]5)C=C4)C=C3)cc1. The Kier molecular flexibility index (Phi) is 14.5. The van der Waals surface area contributed by atoms with Crippen LogP contribution in [0.5, 0.6) is 0 Å². The van der Waals surface area contributed by atoms with E-state index in [0.717, 1.165) is 48.6 Å². The van der Waals surface area contributed by atoms with Gasteiger partial charge in [-0.05, 0) is 168 Å². The minimum atomic E-state index is -5.02. The van der Waals surface area contributed by atoms with E-state index in [1.165, 1.54) is 97.1 Å². The number of nitrogens with one attached hydrogen (secondary N) is 4. The lowest BCUT2D eigenvalue weighted by molar-refractivity contribution is -0.137. The largest absolute Gasteiger partial charge is 0.478 e. The number of carboxylic acids is 2. The van der Waals surface area contributed by atoms with Crippen molar-refractivity contribution in [2.75, 3.05) is 0 Å². The van der Waals surface area contributed by atoms with E-state index in [1.54, 1.807) is 48.5 Å². The first-order valence-electron chi connectivity index (χ1n) is 28.7. The molecule has 10 heterocycles. The molecule has 0 fully saturated rings. The van der Waals surface area contributed by atoms with E-state index < -0.39 is 104 Å². The number of aromatic amines is 4. The number of hydrogen-bond acceptors (Lipinski definition) is 6. The van der Waals surface area contributed by atoms with E-state index in [9.17, 15) is 19.8 Å². The smallest absolute Gasteiger partial charge is 0.420 e. The lowest BCUT2D eigenvalue weighted by Gasteiger charge is -2.09. The summed E-state index contributed by atoms with van der Waals surface area (Å²) in [4.78, 5) is 52.3. The minimum Gasteiger partial charge on any atom is -0.478 e. The lowest BCUT2D eigenvalue weighted by atomic mass is 10.0. The average Bonchev–Trinajstić information content (AvgIpc) is 1.61. The molecular formula is C72H38F12N8O4. The van der Waals surface area contributed by atoms with E-state index in [-0.39, 0.29) is 89.4 Å². The molecule has 4 aliphatic heterocycles. The molecule has 6 N–H and O–H groups in total. The maximum Gasteiger partial charge on any atom is 0.420 e. The van der Waals surface area contributed by atoms with Crippen LogP contribution in [-0.4, -0.2) is 62.0 Å². The van der Waals surface area contributed by atoms with Crippen LogP contribution in [-0.2, 0) is 24.7 Å². The number of benzene rings is 4. The zero-order valence-electron chi connectivity index (χ0n) is 48.5. The molecule has 0 saturated heterocycles. The van der Waals surface area contributed by atoms with Gasteiger partial charge in [0.05, 0.1) is 78.7 Å². The number of carbonyl (C=O) groups is 2. The topological polar surface area (TPSA) is 189 Å². The predicted octanol–water partition coefficient (Wildman–Crippen LogP) is 19.2. The zero-order valence-corrected chi connectivity index (χ0v) is 48.5. The van der Waals surface area contributed by atoms with Crippen LogP contribution in [0.15, 0.2) is 146 Å². The lowest BCUT2D eigenvalue weighted by Crippen LogP contribution is -2.08. The zero-order chi connectivity index (χ0) is 67.3. The molecule has 0 spiro atoms. The van der Waals surface area contributed by atoms with E-state index in [1.807, 2.05) is 0 Å². The van der Waals surface area contributed by atoms with Gasteiger partial charge in [0.25, 0.3) is 0 Å². The highest BCUT2D eigenvalue weighted by Crippen LogP contribution is 2.45. The Balaban J connectivity index is 0.870. The summed E-state index contributed by atoms with van der Waals surface area (Å²) in [6, 6.07) is 32.7. The highest BCUT2D eigenvalue weighted by atomic mass is 19.4. The van der Waals surface area contributed by atoms with Crippen molar-refractivity contribution in [3.05, 3.63) is 236 Å². The predicted molar refractivity (Wildman–Crippen MR) is 339 cm³/mol. The molecule has 0 unspecified atom stereocenters. The Labute approximate surface area is 531 Å². The Morgan fingerprint density at radius 2 is 0.479 bits per heavy atom. The van der Waals surface area contributed by atoms with Crippen LogP contribution in [0, 0.1) is 11.8 Å². The molecule has 0 radical (unpaired) electrons. The van der Waals surface area contributed by atoms with Crippen molar-refractivity contribution in [1.29, 1.82) is 0 Å². The third-order valence-corrected chi connectivity index (χ3v) is 16.2. The van der Waals surface area contributed by atoms with Crippen LogP contribution < -0.4 is 0 Å². The first kappa shape index (κ1) is 61.3. The second-order valence-electron chi connectivity index (χ2n) is 22.2. The molecule has 12 nitrogen and oxygen atoms in total. The van der Waals surface area contributed by atoms with Crippen LogP contribution in [0.4, 0.5) is 52.7 Å². The molecule has 16 bridgehead atoms. The molecule has 10 aromatic rings. The maximum atomic E-state index is 15.4. The summed E-state index contributed by atoms with van der Waals surface area (Å²) in [5.41, 5.74) is -6.83. The number of rotatable bonds is 6. The van der Waals surface area contributed by atoms with Gasteiger partial charge in [-0.1, -0.05) is 60.4 Å². The van der Waals surface area contributed by atoms with Crippen LogP contribution in [0.3, 0.4) is 0 Å². The molecule has 0 amide bonds. The summed E-state index contributed by atoms with van der Waals surface area (Å²) in [5.74, 6) is 3.49. The number of aromatic carboxylic acids is 2. The monoisotopic (exact) mass is 1310 g/mol. The van der Waals surface area contributed by atoms with Crippen LogP contribution in [0.2, 0.25) is 0 Å². The third kappa shape index (κ3) is 11.3. The second kappa shape index (κ2) is 22.8. The molecule has 4 aromatic carbocycles. The summed E-state index contributed by atoms with van der Waals surface area (Å²) >= 11 is 0. The van der Waals surface area contributed by atoms with Crippen LogP contribution >= 0.6 is 0 Å². The molecular weight excluding hydrogens is 1270 g/mol. The van der Waals surface area contributed by atoms with Gasteiger partial charge in [-0.2, -0.15) is 52.7 Å². The van der Waals surface area contributed by atoms with Crippen molar-refractivity contribution in [1.82, 2.24) is 39.9 Å². The highest BCUT2D eigenvalue weighted by molar-refractivity contribution is 5.98. The van der Waals surface area contributed by atoms with Crippen LogP contribution in [0.25, 0.3) is 137 Å². The fraction of sp³-hybridized carbons (Fsp3) is 0.0556. The van der Waals surface area contributed by atoms with E-state index >= 15 is 52.7 Å². The third-order valence-electron chi connectivity index (χ3n) is 16.2. The van der Waals surface area contributed by atoms with Crippen molar-refractivity contribution in [3.63, 3.8) is 0 Å². The van der Waals surface area contributed by atoms with Crippen molar-refractivity contribution in [3.8, 4) is 56.3 Å². The second-order valence-corrected chi connectivity index (χ2v) is 22.2. The molecule has 0 saturated carbocycles. The van der Waals surface area contributed by atoms with Crippen molar-refractivity contribution >= 4 is 105 Å². The van der Waals surface area contributed by atoms with Crippen LogP contribution in [0.1, 0.15) is 99.6 Å². The Hall–Kier alpha value is -12.3. The Morgan fingerprint density at radius 3 is 0.688 bits per heavy atom. The number of carboxylic acid groups (broad SMARTS) is 2. The van der Waals surface area contributed by atoms with Gasteiger partial charge in [0, 0.05) is 55.4 Å². The summed E-state index contributed by atoms with van der Waals surface area (Å²) in [6.45, 7) is 0. The standard InChI is InChI=1S/C72H38F12N8O4/c73-69(74,75)63-51-27-19-43(85-51)59(44-20-28-52(86-44)64(70(76,77)78)56-32-24-48(90-56)61(47-23-31-55(63)89-47)39-11-15-41(16-12-39)67(93)94)37-7-3-35(4-8-37)1-2-36-5-9-38(10-6-36)60-45-21-29-53(87-45)65(71(79,80)81)57-33-25-49(91-57)62(40-13-17-42(18-14-40)68(95)96)50-26-34-58(92-50)66(72(82,83)84)54-30-22-46(60)88-54/h3-34,85,87,90,92H,(H,93,94)(H,95,96). The number of halogens is 12. The molecule has 24 heteroatoms. The van der Waals surface area contributed by atoms with Gasteiger partial charge in [-0.25, -0.2) is 29.5 Å². The molecule has 6 aromatic heterocycles. The van der Waals surface area contributed by atoms with E-state index in [2.05, 4.69) is 51.7 Å². The fourth-order valence-corrected chi connectivity index (χ4v) is 12.0. The van der Waals surface area contributed by atoms with Gasteiger partial charge in [-0.15, -0.1) is 0 Å². The number of alkyl halides is 12. The van der Waals surface area contributed by atoms with Gasteiger partial charge in [0.15, 0.2) is 0 Å². The number of H-pyrrole nitrogens is 4. The molecule has 4 aliphatic rings. The van der Waals surface area contributed by atoms with Crippen molar-refractivity contribution in [2.45, 2.75) is 24.7 Å². The summed E-state index contributed by atoms with van der Waals surface area (Å²) in [6.07, 6.45) is -10.4. The summed E-state index contributed by atoms with van der Waals surface area (Å²) in [7, 11) is 0. The molecule has 474 valence electrons. The number of fused-ring (bicyclic) bond motifs is 16. The van der Waals surface area contributed by atoms with Crippen molar-refractivity contribution in [2.24, 2.45) is 0 Å². The summed E-state index contributed by atoms with van der Waals surface area (Å²) < 4.78 is 184. The normalized spacial score (nSPS) is 12.9. The minimum absolute atomic E-state index is 0.0168. The quantitative estimate of drug-likeness (QED) is 0.0700. The molecule has 0 atom stereocenters. The fourth-order valence-electron chi connectivity index (χ4n) is 12.0. The van der Waals surface area contributed by atoms with E-state index in [4.69, 9.17) is 0 Å². The van der Waals surface area contributed by atoms with Gasteiger partial charge in [-0.3, -0.25) is 0 Å². The number of hydrogen-bond donors (Lipinski definition) is 6.